The van der Waals surface area contributed by atoms with E-state index in [4.69, 9.17) is 33.3 Å². The monoisotopic (exact) mass is 590 g/mol. The Morgan fingerprint density at radius 3 is 2.33 bits per heavy atom. The highest BCUT2D eigenvalue weighted by atomic mass is 32.3. The van der Waals surface area contributed by atoms with Crippen LogP contribution in [-0.4, -0.2) is 149 Å². The van der Waals surface area contributed by atoms with Crippen LogP contribution in [0.1, 0.15) is 6.92 Å². The summed E-state index contributed by atoms with van der Waals surface area (Å²) in [6.45, 7) is -0.0497. The van der Waals surface area contributed by atoms with Crippen molar-refractivity contribution in [2.45, 2.75) is 68.1 Å². The number of rotatable bonds is 11. The van der Waals surface area contributed by atoms with Crippen LogP contribution in [0.3, 0.4) is 0 Å². The fourth-order valence-corrected chi connectivity index (χ4v) is 5.05. The van der Waals surface area contributed by atoms with Gasteiger partial charge in [-0.05, 0) is 13.0 Å². The Morgan fingerprint density at radius 1 is 1.03 bits per heavy atom. The average molecular weight is 591 g/mol. The molecule has 3 heterocycles. The molecule has 3 aliphatic heterocycles. The lowest BCUT2D eigenvalue weighted by Crippen LogP contribution is -2.59. The zero-order chi connectivity index (χ0) is 29.1. The van der Waals surface area contributed by atoms with Gasteiger partial charge in [0.1, 0.15) is 42.7 Å². The number of carbonyl (C=O) groups is 1. The molecule has 0 bridgehead atoms. The van der Waals surface area contributed by atoms with Gasteiger partial charge >= 0.3 is 16.4 Å². The Labute approximate surface area is 223 Å². The SMILES string of the molecule is CC1OC(COCC2C(COC3OC(C(=O)O)=CC(O)C3O)COC(CO)C2O)C(O)C(OS(=O)(=O)O)C1O. The van der Waals surface area contributed by atoms with Crippen molar-refractivity contribution in [1.29, 1.82) is 0 Å². The average Bonchev–Trinajstić information content (AvgIpc) is 2.86. The van der Waals surface area contributed by atoms with Crippen LogP contribution in [0.15, 0.2) is 11.8 Å². The third-order valence-electron chi connectivity index (χ3n) is 6.76. The number of aliphatic hydroxyl groups is 6. The predicted molar refractivity (Wildman–Crippen MR) is 122 cm³/mol. The first-order valence-electron chi connectivity index (χ1n) is 12.0. The van der Waals surface area contributed by atoms with Crippen molar-refractivity contribution in [2.75, 3.05) is 33.0 Å². The van der Waals surface area contributed by atoms with Crippen LogP contribution in [-0.2, 0) is 43.1 Å². The Hall–Kier alpha value is -1.52. The number of hydrogen-bond donors (Lipinski definition) is 8. The lowest BCUT2D eigenvalue weighted by molar-refractivity contribution is -0.235. The van der Waals surface area contributed by atoms with E-state index in [2.05, 4.69) is 4.18 Å². The molecule has 0 aromatic rings. The molecule has 12 atom stereocenters. The zero-order valence-electron chi connectivity index (χ0n) is 20.7. The fraction of sp³-hybridized carbons (Fsp3) is 0.857. The summed E-state index contributed by atoms with van der Waals surface area (Å²) < 4.78 is 62.7. The van der Waals surface area contributed by atoms with Gasteiger partial charge < -0.3 is 59.4 Å². The summed E-state index contributed by atoms with van der Waals surface area (Å²) >= 11 is 0. The molecular weight excluding hydrogens is 556 g/mol. The van der Waals surface area contributed by atoms with Gasteiger partial charge in [-0.3, -0.25) is 4.55 Å². The lowest BCUT2D eigenvalue weighted by Gasteiger charge is -2.42. The highest BCUT2D eigenvalue weighted by molar-refractivity contribution is 7.80. The fourth-order valence-electron chi connectivity index (χ4n) is 4.54. The van der Waals surface area contributed by atoms with E-state index in [0.29, 0.717) is 0 Å². The largest absolute Gasteiger partial charge is 0.475 e. The molecule has 12 unspecified atom stereocenters. The predicted octanol–water partition coefficient (Wildman–Crippen LogP) is -4.25. The van der Waals surface area contributed by atoms with E-state index < -0.39 is 102 Å². The van der Waals surface area contributed by atoms with E-state index >= 15 is 0 Å². The second kappa shape index (κ2) is 13.4. The molecule has 0 aliphatic carbocycles. The topological polar surface area (TPSA) is 268 Å². The van der Waals surface area contributed by atoms with Crippen molar-refractivity contribution >= 4 is 16.4 Å². The quantitative estimate of drug-likeness (QED) is 0.106. The molecule has 39 heavy (non-hydrogen) atoms. The van der Waals surface area contributed by atoms with Crippen LogP contribution >= 0.6 is 0 Å². The molecule has 17 nitrogen and oxygen atoms in total. The molecule has 0 amide bonds. The van der Waals surface area contributed by atoms with Crippen LogP contribution in [0, 0.1) is 11.8 Å². The highest BCUT2D eigenvalue weighted by Gasteiger charge is 2.46. The van der Waals surface area contributed by atoms with E-state index in [-0.39, 0.29) is 26.4 Å². The minimum absolute atomic E-state index is 0.0562. The summed E-state index contributed by atoms with van der Waals surface area (Å²) in [4.78, 5) is 11.2. The Balaban J connectivity index is 1.63. The molecule has 0 saturated carbocycles. The summed E-state index contributed by atoms with van der Waals surface area (Å²) in [5, 5.41) is 69.9. The summed E-state index contributed by atoms with van der Waals surface area (Å²) in [7, 11) is -5.01. The van der Waals surface area contributed by atoms with Gasteiger partial charge in [0.05, 0.1) is 45.2 Å². The molecule has 0 aromatic carbocycles. The number of carboxylic acid groups (broad SMARTS) is 1. The molecule has 226 valence electrons. The number of hydrogen-bond acceptors (Lipinski definition) is 15. The third kappa shape index (κ3) is 8.03. The second-order valence-electron chi connectivity index (χ2n) is 9.49. The molecular formula is C21H34O17S. The van der Waals surface area contributed by atoms with Gasteiger partial charge in [-0.25, -0.2) is 8.98 Å². The summed E-state index contributed by atoms with van der Waals surface area (Å²) in [6.07, 6.45) is -13.4. The Bertz CT molecular complexity index is 958. The third-order valence-corrected chi connectivity index (χ3v) is 7.22. The van der Waals surface area contributed by atoms with Gasteiger partial charge in [-0.15, -0.1) is 0 Å². The molecule has 18 heteroatoms. The molecule has 8 N–H and O–H groups in total. The van der Waals surface area contributed by atoms with Gasteiger partial charge in [0.2, 0.25) is 12.0 Å². The van der Waals surface area contributed by atoms with Crippen molar-refractivity contribution in [1.82, 2.24) is 0 Å². The van der Waals surface area contributed by atoms with Crippen molar-refractivity contribution in [3.05, 3.63) is 11.8 Å². The highest BCUT2D eigenvalue weighted by Crippen LogP contribution is 2.30. The maximum Gasteiger partial charge on any atom is 0.397 e. The Morgan fingerprint density at radius 2 is 1.72 bits per heavy atom. The number of ether oxygens (including phenoxy) is 5. The van der Waals surface area contributed by atoms with E-state index in [1.807, 2.05) is 0 Å². The number of aliphatic carboxylic acids is 1. The smallest absolute Gasteiger partial charge is 0.397 e. The van der Waals surface area contributed by atoms with Crippen LogP contribution in [0.25, 0.3) is 0 Å². The van der Waals surface area contributed by atoms with Gasteiger partial charge in [0.25, 0.3) is 0 Å². The molecule has 2 fully saturated rings. The molecule has 3 aliphatic rings. The van der Waals surface area contributed by atoms with Gasteiger partial charge in [0.15, 0.2) is 0 Å². The molecule has 0 aromatic heterocycles. The van der Waals surface area contributed by atoms with Gasteiger partial charge in [0, 0.05) is 11.8 Å². The van der Waals surface area contributed by atoms with Crippen LogP contribution in [0.2, 0.25) is 0 Å². The summed E-state index contributed by atoms with van der Waals surface area (Å²) in [6, 6.07) is 0. The summed E-state index contributed by atoms with van der Waals surface area (Å²) in [5.41, 5.74) is 0. The van der Waals surface area contributed by atoms with E-state index in [1.54, 1.807) is 0 Å². The zero-order valence-corrected chi connectivity index (χ0v) is 21.5. The lowest BCUT2D eigenvalue weighted by atomic mass is 9.84. The molecule has 0 radical (unpaired) electrons. The number of carboxylic acids is 1. The molecule has 3 rings (SSSR count). The standard InChI is InChI=1S/C21H34O17S/c1-8-15(24)19(38-39(30,31)32)18(27)14(36-8)7-33-6-10-9(4-34-13(3-22)16(10)25)5-35-21-17(26)11(23)2-12(37-21)20(28)29/h2,8-11,13-19,21-27H,3-7H2,1H3,(H,28,29)(H,30,31,32). The normalized spacial score (nSPS) is 41.5. The molecule has 2 saturated heterocycles. The van der Waals surface area contributed by atoms with Crippen LogP contribution < -0.4 is 0 Å². The van der Waals surface area contributed by atoms with E-state index in [0.717, 1.165) is 6.08 Å². The number of aliphatic hydroxyl groups excluding tert-OH is 6. The maximum absolute atomic E-state index is 11.2. The molecule has 0 spiro atoms. The van der Waals surface area contributed by atoms with E-state index in [9.17, 15) is 43.9 Å². The summed E-state index contributed by atoms with van der Waals surface area (Å²) in [5.74, 6) is -3.53. The van der Waals surface area contributed by atoms with Gasteiger partial charge in [-0.1, -0.05) is 0 Å². The van der Waals surface area contributed by atoms with E-state index in [1.165, 1.54) is 6.92 Å². The second-order valence-corrected chi connectivity index (χ2v) is 10.5. The van der Waals surface area contributed by atoms with Crippen LogP contribution in [0.4, 0.5) is 0 Å². The first kappa shape index (κ1) is 32.0. The first-order valence-corrected chi connectivity index (χ1v) is 13.3. The van der Waals surface area contributed by atoms with Crippen molar-refractivity contribution < 1.29 is 81.4 Å². The van der Waals surface area contributed by atoms with Crippen molar-refractivity contribution in [2.24, 2.45) is 11.8 Å². The maximum atomic E-state index is 11.2. The Kier molecular flexibility index (Phi) is 11.0. The van der Waals surface area contributed by atoms with Crippen molar-refractivity contribution in [3.63, 3.8) is 0 Å². The van der Waals surface area contributed by atoms with Crippen molar-refractivity contribution in [3.8, 4) is 0 Å². The van der Waals surface area contributed by atoms with Gasteiger partial charge in [-0.2, -0.15) is 8.42 Å². The first-order chi connectivity index (χ1) is 18.2. The minimum atomic E-state index is -5.01. The minimum Gasteiger partial charge on any atom is -0.475 e. The van der Waals surface area contributed by atoms with Crippen LogP contribution in [0.5, 0.6) is 0 Å².